The zero-order chi connectivity index (χ0) is 17.7. The van der Waals surface area contributed by atoms with E-state index in [0.29, 0.717) is 11.5 Å². The molecule has 0 aromatic carbocycles. The maximum Gasteiger partial charge on any atom is 0.0145 e. The fourth-order valence-corrected chi connectivity index (χ4v) is 2.85. The molecule has 2 heteroatoms. The molecular weight excluding hydrogens is 256 g/mol. The zero-order valence-electron chi connectivity index (χ0n) is 17.1. The predicted molar refractivity (Wildman–Crippen MR) is 98.8 cm³/mol. The van der Waals surface area contributed by atoms with Gasteiger partial charge in [0, 0.05) is 17.1 Å². The van der Waals surface area contributed by atoms with Crippen LogP contribution in [0.2, 0.25) is 0 Å². The van der Waals surface area contributed by atoms with Crippen molar-refractivity contribution in [2.75, 3.05) is 0 Å². The first-order valence-corrected chi connectivity index (χ1v) is 8.58. The highest BCUT2D eigenvalue weighted by Crippen LogP contribution is 2.32. The van der Waals surface area contributed by atoms with Gasteiger partial charge < -0.3 is 11.1 Å². The van der Waals surface area contributed by atoms with Crippen molar-refractivity contribution in [1.29, 1.82) is 0 Å². The molecule has 0 radical (unpaired) electrons. The van der Waals surface area contributed by atoms with E-state index < -0.39 is 0 Å². The van der Waals surface area contributed by atoms with Crippen LogP contribution in [0.4, 0.5) is 0 Å². The zero-order valence-corrected chi connectivity index (χ0v) is 17.1. The summed E-state index contributed by atoms with van der Waals surface area (Å²) in [6, 6.07) is 0.491. The molecule has 0 spiro atoms. The Morgan fingerprint density at radius 2 is 1.19 bits per heavy atom. The molecule has 0 aromatic rings. The van der Waals surface area contributed by atoms with Crippen LogP contribution in [0.15, 0.2) is 0 Å². The monoisotopic (exact) mass is 300 g/mol. The minimum atomic E-state index is -0.138. The molecule has 0 saturated heterocycles. The fraction of sp³-hybridized carbons (Fsp3) is 1.00. The van der Waals surface area contributed by atoms with E-state index in [1.54, 1.807) is 0 Å². The Balaban J connectivity index is 0. The van der Waals surface area contributed by atoms with Gasteiger partial charge in [0.15, 0.2) is 0 Å². The van der Waals surface area contributed by atoms with Crippen LogP contribution in [-0.2, 0) is 0 Å². The number of hydrogen-bond donors (Lipinski definition) is 2. The van der Waals surface area contributed by atoms with Crippen LogP contribution >= 0.6 is 0 Å². The number of hydrogen-bond acceptors (Lipinski definition) is 2. The standard InChI is InChI=1S/C17H38N2.C2H6/c1-14(2,3)11-13(15(4,5)6)19-17(9,10)12-16(7,8)18;1-2/h13,19H,11-12,18H2,1-10H3;1-2H3. The second-order valence-corrected chi connectivity index (χ2v) is 9.88. The van der Waals surface area contributed by atoms with Crippen LogP contribution in [0.1, 0.15) is 95.9 Å². The van der Waals surface area contributed by atoms with Gasteiger partial charge >= 0.3 is 0 Å². The number of rotatable bonds is 5. The SMILES string of the molecule is CC.CC(C)(C)CC(NC(C)(C)CC(C)(C)N)C(C)(C)C. The molecule has 1 atom stereocenters. The summed E-state index contributed by atoms with van der Waals surface area (Å²) in [5.74, 6) is 0. The lowest BCUT2D eigenvalue weighted by Gasteiger charge is -2.43. The van der Waals surface area contributed by atoms with Crippen LogP contribution in [-0.4, -0.2) is 17.1 Å². The number of nitrogens with one attached hydrogen (secondary N) is 1. The van der Waals surface area contributed by atoms with Crippen LogP contribution in [0.3, 0.4) is 0 Å². The van der Waals surface area contributed by atoms with Gasteiger partial charge in [0.25, 0.3) is 0 Å². The normalized spacial score (nSPS) is 15.3. The van der Waals surface area contributed by atoms with E-state index in [0.717, 1.165) is 6.42 Å². The quantitative estimate of drug-likeness (QED) is 0.717. The second-order valence-electron chi connectivity index (χ2n) is 9.88. The largest absolute Gasteiger partial charge is 0.325 e. The first kappa shape index (κ1) is 23.2. The fourth-order valence-electron chi connectivity index (χ4n) is 2.85. The summed E-state index contributed by atoms with van der Waals surface area (Å²) in [4.78, 5) is 0. The molecule has 3 N–H and O–H groups in total. The van der Waals surface area contributed by atoms with E-state index in [-0.39, 0.29) is 16.5 Å². The molecule has 0 aliphatic carbocycles. The lowest BCUT2D eigenvalue weighted by Crippen LogP contribution is -2.56. The van der Waals surface area contributed by atoms with Crippen molar-refractivity contribution in [3.63, 3.8) is 0 Å². The average molecular weight is 301 g/mol. The van der Waals surface area contributed by atoms with Crippen molar-refractivity contribution in [1.82, 2.24) is 5.32 Å². The smallest absolute Gasteiger partial charge is 0.0145 e. The van der Waals surface area contributed by atoms with E-state index in [1.165, 1.54) is 6.42 Å². The van der Waals surface area contributed by atoms with Crippen LogP contribution in [0.5, 0.6) is 0 Å². The Hall–Kier alpha value is -0.0800. The molecule has 0 aliphatic rings. The average Bonchev–Trinajstić information content (AvgIpc) is 2.11. The Kier molecular flexibility index (Phi) is 8.80. The van der Waals surface area contributed by atoms with Gasteiger partial charge in [-0.05, 0) is 51.4 Å². The topological polar surface area (TPSA) is 38.0 Å². The van der Waals surface area contributed by atoms with E-state index in [1.807, 2.05) is 13.8 Å². The van der Waals surface area contributed by atoms with Gasteiger partial charge in [-0.15, -0.1) is 0 Å². The summed E-state index contributed by atoms with van der Waals surface area (Å²) < 4.78 is 0. The van der Waals surface area contributed by atoms with Gasteiger partial charge in [0.05, 0.1) is 0 Å². The van der Waals surface area contributed by atoms with Gasteiger partial charge in [-0.25, -0.2) is 0 Å². The maximum absolute atomic E-state index is 6.19. The molecule has 0 heterocycles. The van der Waals surface area contributed by atoms with Gasteiger partial charge in [0.1, 0.15) is 0 Å². The molecule has 0 saturated carbocycles. The van der Waals surface area contributed by atoms with E-state index in [9.17, 15) is 0 Å². The van der Waals surface area contributed by atoms with Gasteiger partial charge in [-0.1, -0.05) is 55.4 Å². The Labute approximate surface area is 135 Å². The van der Waals surface area contributed by atoms with Crippen molar-refractivity contribution in [2.45, 2.75) is 113 Å². The summed E-state index contributed by atoms with van der Waals surface area (Å²) in [7, 11) is 0. The Morgan fingerprint density at radius 1 is 0.810 bits per heavy atom. The third-order valence-electron chi connectivity index (χ3n) is 3.32. The molecule has 21 heavy (non-hydrogen) atoms. The summed E-state index contributed by atoms with van der Waals surface area (Å²) in [5.41, 5.74) is 6.70. The molecule has 0 fully saturated rings. The highest BCUT2D eigenvalue weighted by atomic mass is 15.0. The lowest BCUT2D eigenvalue weighted by atomic mass is 9.75. The van der Waals surface area contributed by atoms with Crippen LogP contribution < -0.4 is 11.1 Å². The van der Waals surface area contributed by atoms with Crippen molar-refractivity contribution in [3.8, 4) is 0 Å². The van der Waals surface area contributed by atoms with Crippen molar-refractivity contribution in [3.05, 3.63) is 0 Å². The van der Waals surface area contributed by atoms with Crippen molar-refractivity contribution < 1.29 is 0 Å². The molecule has 130 valence electrons. The first-order chi connectivity index (χ1) is 9.02. The summed E-state index contributed by atoms with van der Waals surface area (Å²) in [5, 5.41) is 3.87. The van der Waals surface area contributed by atoms with E-state index >= 15 is 0 Å². The van der Waals surface area contributed by atoms with Crippen LogP contribution in [0, 0.1) is 10.8 Å². The van der Waals surface area contributed by atoms with Crippen molar-refractivity contribution in [2.24, 2.45) is 16.6 Å². The van der Waals surface area contributed by atoms with Gasteiger partial charge in [-0.3, -0.25) is 0 Å². The van der Waals surface area contributed by atoms with Crippen LogP contribution in [0.25, 0.3) is 0 Å². The van der Waals surface area contributed by atoms with E-state index in [4.69, 9.17) is 5.73 Å². The molecule has 0 rings (SSSR count). The summed E-state index contributed by atoms with van der Waals surface area (Å²) in [6.45, 7) is 26.6. The Bertz CT molecular complexity index is 271. The van der Waals surface area contributed by atoms with Gasteiger partial charge in [-0.2, -0.15) is 0 Å². The maximum atomic E-state index is 6.19. The number of nitrogens with two attached hydrogens (primary N) is 1. The molecule has 0 aromatic heterocycles. The minimum absolute atomic E-state index is 0.0570. The third-order valence-corrected chi connectivity index (χ3v) is 3.32. The van der Waals surface area contributed by atoms with Crippen molar-refractivity contribution >= 4 is 0 Å². The molecular formula is C19H44N2. The lowest BCUT2D eigenvalue weighted by molar-refractivity contribution is 0.143. The molecule has 0 bridgehead atoms. The molecule has 0 amide bonds. The second kappa shape index (κ2) is 7.97. The first-order valence-electron chi connectivity index (χ1n) is 8.58. The third kappa shape index (κ3) is 13.3. The minimum Gasteiger partial charge on any atom is -0.325 e. The highest BCUT2D eigenvalue weighted by Gasteiger charge is 2.34. The Morgan fingerprint density at radius 3 is 1.43 bits per heavy atom. The molecule has 1 unspecified atom stereocenters. The van der Waals surface area contributed by atoms with Gasteiger partial charge in [0.2, 0.25) is 0 Å². The molecule has 0 aliphatic heterocycles. The predicted octanol–water partition coefficient (Wildman–Crippen LogP) is 5.36. The summed E-state index contributed by atoms with van der Waals surface area (Å²) >= 11 is 0. The van der Waals surface area contributed by atoms with E-state index in [2.05, 4.69) is 74.6 Å². The molecule has 2 nitrogen and oxygen atoms in total. The highest BCUT2D eigenvalue weighted by molar-refractivity contribution is 4.94. The summed E-state index contributed by atoms with van der Waals surface area (Å²) in [6.07, 6.45) is 2.14.